The van der Waals surface area contributed by atoms with Gasteiger partial charge in [-0.15, -0.1) is 24.0 Å². The van der Waals surface area contributed by atoms with E-state index in [1.165, 1.54) is 13.4 Å². The van der Waals surface area contributed by atoms with Gasteiger partial charge in [0.2, 0.25) is 10.0 Å². The second kappa shape index (κ2) is 12.0. The van der Waals surface area contributed by atoms with Gasteiger partial charge in [0.15, 0.2) is 5.96 Å². The van der Waals surface area contributed by atoms with Crippen molar-refractivity contribution in [2.24, 2.45) is 10.9 Å². The molecule has 2 rings (SSSR count). The molecule has 2 saturated heterocycles. The molecule has 2 aliphatic rings. The molecule has 0 aromatic carbocycles. The molecule has 0 bridgehead atoms. The number of rotatable bonds is 5. The van der Waals surface area contributed by atoms with Gasteiger partial charge in [0, 0.05) is 45.3 Å². The molecule has 0 aromatic rings. The van der Waals surface area contributed by atoms with E-state index in [2.05, 4.69) is 10.6 Å². The molecule has 9 nitrogen and oxygen atoms in total. The van der Waals surface area contributed by atoms with E-state index < -0.39 is 10.0 Å². The number of carbonyl (C=O) groups excluding carboxylic acids is 1. The Hall–Kier alpha value is -0.820. The van der Waals surface area contributed by atoms with Crippen molar-refractivity contribution in [1.82, 2.24) is 19.8 Å². The van der Waals surface area contributed by atoms with Crippen LogP contribution in [0.3, 0.4) is 0 Å². The molecule has 2 aliphatic heterocycles. The quantitative estimate of drug-likeness (QED) is 0.313. The fourth-order valence-corrected chi connectivity index (χ4v) is 4.37. The Kier molecular flexibility index (Phi) is 10.8. The minimum Gasteiger partial charge on any atom is -0.453 e. The molecule has 28 heavy (non-hydrogen) atoms. The zero-order chi connectivity index (χ0) is 19.9. The van der Waals surface area contributed by atoms with Crippen molar-refractivity contribution in [2.45, 2.75) is 38.6 Å². The second-order valence-corrected chi connectivity index (χ2v) is 9.18. The Morgan fingerprint density at radius 1 is 1.14 bits per heavy atom. The van der Waals surface area contributed by atoms with Crippen molar-refractivity contribution in [3.8, 4) is 0 Å². The van der Waals surface area contributed by atoms with Crippen molar-refractivity contribution < 1.29 is 17.9 Å². The van der Waals surface area contributed by atoms with E-state index in [9.17, 15) is 13.2 Å². The van der Waals surface area contributed by atoms with Gasteiger partial charge in [-0.3, -0.25) is 4.99 Å². The minimum absolute atomic E-state index is 0. The maximum absolute atomic E-state index is 11.6. The van der Waals surface area contributed by atoms with Crippen LogP contribution in [0.4, 0.5) is 4.79 Å². The second-order valence-electron chi connectivity index (χ2n) is 7.20. The molecule has 2 N–H and O–H groups in total. The molecule has 0 unspecified atom stereocenters. The third-order valence-electron chi connectivity index (χ3n) is 5.16. The summed E-state index contributed by atoms with van der Waals surface area (Å²) < 4.78 is 29.5. The summed E-state index contributed by atoms with van der Waals surface area (Å²) in [6, 6.07) is 0.274. The molecule has 0 radical (unpaired) electrons. The predicted octanol–water partition coefficient (Wildman–Crippen LogP) is 1.06. The molecule has 2 heterocycles. The van der Waals surface area contributed by atoms with Crippen molar-refractivity contribution in [3.63, 3.8) is 0 Å². The van der Waals surface area contributed by atoms with Crippen LogP contribution in [0.2, 0.25) is 0 Å². The molecule has 0 aromatic heterocycles. The molecule has 2 fully saturated rings. The highest BCUT2D eigenvalue weighted by Gasteiger charge is 2.26. The number of nitrogens with one attached hydrogen (secondary N) is 2. The van der Waals surface area contributed by atoms with Crippen LogP contribution in [-0.4, -0.2) is 88.4 Å². The van der Waals surface area contributed by atoms with Gasteiger partial charge in [0.1, 0.15) is 0 Å². The Balaban J connectivity index is 0.00000392. The van der Waals surface area contributed by atoms with Crippen LogP contribution in [0.15, 0.2) is 4.99 Å². The van der Waals surface area contributed by atoms with Gasteiger partial charge in [0.25, 0.3) is 0 Å². The van der Waals surface area contributed by atoms with Crippen molar-refractivity contribution in [1.29, 1.82) is 0 Å². The van der Waals surface area contributed by atoms with E-state index in [1.807, 2.05) is 6.92 Å². The Morgan fingerprint density at radius 2 is 1.75 bits per heavy atom. The van der Waals surface area contributed by atoms with Crippen LogP contribution in [0, 0.1) is 5.92 Å². The first-order valence-electron chi connectivity index (χ1n) is 9.66. The maximum atomic E-state index is 11.6. The van der Waals surface area contributed by atoms with E-state index in [-0.39, 0.29) is 36.1 Å². The summed E-state index contributed by atoms with van der Waals surface area (Å²) >= 11 is 0. The number of sulfonamides is 1. The number of halogens is 1. The Morgan fingerprint density at radius 3 is 2.25 bits per heavy atom. The number of likely N-dealkylation sites (tertiary alicyclic amines) is 1. The molecule has 1 amide bonds. The smallest absolute Gasteiger partial charge is 0.409 e. The number of hydrogen-bond donors (Lipinski definition) is 2. The highest BCUT2D eigenvalue weighted by molar-refractivity contribution is 14.0. The minimum atomic E-state index is -3.09. The van der Waals surface area contributed by atoms with Gasteiger partial charge in [-0.05, 0) is 38.5 Å². The Labute approximate surface area is 185 Å². The van der Waals surface area contributed by atoms with Crippen LogP contribution < -0.4 is 10.6 Å². The van der Waals surface area contributed by atoms with Crippen molar-refractivity contribution in [3.05, 3.63) is 0 Å². The average Bonchev–Trinajstić information content (AvgIpc) is 2.66. The average molecular weight is 531 g/mol. The molecule has 11 heteroatoms. The van der Waals surface area contributed by atoms with Crippen LogP contribution in [0.5, 0.6) is 0 Å². The number of guanidine groups is 1. The first-order valence-corrected chi connectivity index (χ1v) is 11.5. The molecular weight excluding hydrogens is 497 g/mol. The monoisotopic (exact) mass is 531 g/mol. The number of amides is 1. The molecule has 0 atom stereocenters. The number of hydrogen-bond acceptors (Lipinski definition) is 5. The van der Waals surface area contributed by atoms with E-state index in [4.69, 9.17) is 9.73 Å². The van der Waals surface area contributed by atoms with Gasteiger partial charge in [-0.25, -0.2) is 17.5 Å². The molecule has 164 valence electrons. The van der Waals surface area contributed by atoms with Gasteiger partial charge in [0.05, 0.1) is 13.4 Å². The fraction of sp³-hybridized carbons (Fsp3) is 0.882. The Bertz CT molecular complexity index is 615. The lowest BCUT2D eigenvalue weighted by Gasteiger charge is -2.32. The third-order valence-corrected chi connectivity index (χ3v) is 6.47. The van der Waals surface area contributed by atoms with Crippen LogP contribution in [-0.2, 0) is 14.8 Å². The lowest BCUT2D eigenvalue weighted by Crippen LogP contribution is -2.50. The number of aliphatic imine (C=N–C) groups is 1. The standard InChI is InChI=1S/C17H33N5O4S.HI/c1-4-18-16(20-15-7-9-21(10-8-15)17(23)26-2)19-13-14-5-11-22(12-6-14)27(3,24)25;/h14-15H,4-13H2,1-3H3,(H2,18,19,20);1H. The number of carbonyl (C=O) groups is 1. The fourth-order valence-electron chi connectivity index (χ4n) is 3.49. The lowest BCUT2D eigenvalue weighted by molar-refractivity contribution is 0.111. The molecule has 0 spiro atoms. The van der Waals surface area contributed by atoms with Gasteiger partial charge in [-0.1, -0.05) is 0 Å². The van der Waals surface area contributed by atoms with E-state index in [0.717, 1.165) is 38.2 Å². The lowest BCUT2D eigenvalue weighted by atomic mass is 9.98. The normalized spacial score (nSPS) is 20.4. The summed E-state index contributed by atoms with van der Waals surface area (Å²) in [6.45, 7) is 6.00. The summed E-state index contributed by atoms with van der Waals surface area (Å²) in [4.78, 5) is 18.0. The topological polar surface area (TPSA) is 103 Å². The third kappa shape index (κ3) is 7.90. The van der Waals surface area contributed by atoms with Gasteiger partial charge < -0.3 is 20.3 Å². The summed E-state index contributed by atoms with van der Waals surface area (Å²) in [5.41, 5.74) is 0. The maximum Gasteiger partial charge on any atom is 0.409 e. The number of nitrogens with zero attached hydrogens (tertiary/aromatic N) is 3. The molecule has 0 saturated carbocycles. The van der Waals surface area contributed by atoms with E-state index in [0.29, 0.717) is 38.6 Å². The summed E-state index contributed by atoms with van der Waals surface area (Å²) in [5.74, 6) is 1.19. The molecule has 0 aliphatic carbocycles. The SMILES string of the molecule is CCNC(=NCC1CCN(S(C)(=O)=O)CC1)NC1CCN(C(=O)OC)CC1.I. The highest BCUT2D eigenvalue weighted by Crippen LogP contribution is 2.19. The summed E-state index contributed by atoms with van der Waals surface area (Å²) in [7, 11) is -1.68. The molecular formula is C17H34IN5O4S. The van der Waals surface area contributed by atoms with E-state index in [1.54, 1.807) is 9.21 Å². The van der Waals surface area contributed by atoms with Gasteiger partial charge in [-0.2, -0.15) is 0 Å². The zero-order valence-corrected chi connectivity index (χ0v) is 20.2. The first-order chi connectivity index (χ1) is 12.8. The highest BCUT2D eigenvalue weighted by atomic mass is 127. The van der Waals surface area contributed by atoms with Crippen LogP contribution >= 0.6 is 24.0 Å². The first kappa shape index (κ1) is 25.2. The van der Waals surface area contributed by atoms with Crippen molar-refractivity contribution in [2.75, 3.05) is 52.6 Å². The summed E-state index contributed by atoms with van der Waals surface area (Å²) in [5, 5.41) is 6.74. The number of methoxy groups -OCH3 is 1. The predicted molar refractivity (Wildman–Crippen MR) is 121 cm³/mol. The summed E-state index contributed by atoms with van der Waals surface area (Å²) in [6.07, 6.45) is 4.39. The van der Waals surface area contributed by atoms with Crippen molar-refractivity contribution >= 4 is 46.1 Å². The zero-order valence-electron chi connectivity index (χ0n) is 17.0. The van der Waals surface area contributed by atoms with Crippen LogP contribution in [0.1, 0.15) is 32.6 Å². The van der Waals surface area contributed by atoms with E-state index >= 15 is 0 Å². The number of piperidine rings is 2. The largest absolute Gasteiger partial charge is 0.453 e. The van der Waals surface area contributed by atoms with Gasteiger partial charge >= 0.3 is 6.09 Å². The number of ether oxygens (including phenoxy) is 1. The van der Waals surface area contributed by atoms with Crippen LogP contribution in [0.25, 0.3) is 0 Å².